The van der Waals surface area contributed by atoms with E-state index in [-0.39, 0.29) is 34.7 Å². The fraction of sp³-hybridized carbons (Fsp3) is 0.143. The molecule has 4 N–H and O–H groups in total. The fourth-order valence-electron chi connectivity index (χ4n) is 3.06. The molecule has 3 aromatic rings. The molecule has 0 aliphatic rings. The second-order valence-electron chi connectivity index (χ2n) is 6.78. The Morgan fingerprint density at radius 3 is 2.43 bits per heavy atom. The fourth-order valence-corrected chi connectivity index (χ4v) is 3.06. The lowest BCUT2D eigenvalue weighted by atomic mass is 10.1. The number of para-hydroxylation sites is 1. The topological polar surface area (TPSA) is 195 Å². The molecule has 182 valence electrons. The number of H-pyrrole nitrogens is 1. The van der Waals surface area contributed by atoms with Gasteiger partial charge in [0, 0.05) is 11.1 Å². The van der Waals surface area contributed by atoms with Crippen molar-refractivity contribution in [3.8, 4) is 22.7 Å². The lowest BCUT2D eigenvalue weighted by Gasteiger charge is -2.12. The van der Waals surface area contributed by atoms with Crippen LogP contribution in [-0.4, -0.2) is 51.0 Å². The van der Waals surface area contributed by atoms with Gasteiger partial charge in [-0.2, -0.15) is 0 Å². The van der Waals surface area contributed by atoms with E-state index in [1.807, 2.05) is 5.43 Å². The summed E-state index contributed by atoms with van der Waals surface area (Å²) in [5.41, 5.74) is 3.63. The van der Waals surface area contributed by atoms with E-state index in [9.17, 15) is 34.4 Å². The van der Waals surface area contributed by atoms with Gasteiger partial charge in [0.2, 0.25) is 0 Å². The number of rotatable bonds is 8. The van der Waals surface area contributed by atoms with Crippen molar-refractivity contribution in [2.75, 3.05) is 13.2 Å². The minimum atomic E-state index is -1.15. The molecule has 3 rings (SSSR count). The van der Waals surface area contributed by atoms with E-state index in [4.69, 9.17) is 4.74 Å². The number of carbonyl (C=O) groups is 3. The van der Waals surface area contributed by atoms with Crippen molar-refractivity contribution in [2.45, 2.75) is 6.92 Å². The van der Waals surface area contributed by atoms with Gasteiger partial charge in [-0.3, -0.25) is 35.0 Å². The molecule has 0 aliphatic heterocycles. The first-order valence-electron chi connectivity index (χ1n) is 10.00. The number of aromatic amines is 1. The molecule has 0 fully saturated rings. The van der Waals surface area contributed by atoms with Crippen LogP contribution in [0.2, 0.25) is 0 Å². The lowest BCUT2D eigenvalue weighted by Crippen LogP contribution is -2.43. The van der Waals surface area contributed by atoms with Crippen LogP contribution in [0.4, 0.5) is 0 Å². The number of phenolic OH excluding ortho intramolecular Hbond substituents is 1. The highest BCUT2D eigenvalue weighted by molar-refractivity contribution is 5.97. The van der Waals surface area contributed by atoms with E-state index >= 15 is 0 Å². The Morgan fingerprint density at radius 1 is 1.11 bits per heavy atom. The summed E-state index contributed by atoms with van der Waals surface area (Å²) >= 11 is 0. The number of hydrogen-bond donors (Lipinski definition) is 4. The van der Waals surface area contributed by atoms with Gasteiger partial charge in [0.1, 0.15) is 5.75 Å². The molecule has 14 heteroatoms. The number of phenols is 1. The molecular weight excluding hydrogens is 466 g/mol. The average molecular weight is 485 g/mol. The van der Waals surface area contributed by atoms with E-state index in [0.29, 0.717) is 5.69 Å². The number of aromatic hydroxyl groups is 1. The van der Waals surface area contributed by atoms with Crippen LogP contribution in [0.3, 0.4) is 0 Å². The van der Waals surface area contributed by atoms with Gasteiger partial charge in [0.05, 0.1) is 18.0 Å². The van der Waals surface area contributed by atoms with Crippen LogP contribution in [0, 0.1) is 10.1 Å². The molecule has 2 amide bonds. The van der Waals surface area contributed by atoms with Crippen LogP contribution >= 0.6 is 0 Å². The Hall–Kier alpha value is -5.14. The number of ether oxygens (including phenoxy) is 1. The van der Waals surface area contributed by atoms with Gasteiger partial charge in [0.25, 0.3) is 22.5 Å². The number of hydrogen-bond acceptors (Lipinski definition) is 9. The zero-order valence-electron chi connectivity index (χ0n) is 18.1. The maximum absolute atomic E-state index is 12.6. The maximum Gasteiger partial charge on any atom is 0.346 e. The second-order valence-corrected chi connectivity index (χ2v) is 6.78. The van der Waals surface area contributed by atoms with E-state index in [1.165, 1.54) is 41.1 Å². The van der Waals surface area contributed by atoms with E-state index in [1.54, 1.807) is 19.1 Å². The SMILES string of the molecule is CCOC(=O)c1c(-c2ccccc2O)n(-c2ccc(C(=O)NNC(=O)CO[N+](=O)[O-])cc2)[nH]c1=O. The highest BCUT2D eigenvalue weighted by Gasteiger charge is 2.26. The van der Waals surface area contributed by atoms with Crippen molar-refractivity contribution in [2.24, 2.45) is 0 Å². The van der Waals surface area contributed by atoms with Crippen LogP contribution in [0.1, 0.15) is 27.6 Å². The van der Waals surface area contributed by atoms with Crippen molar-refractivity contribution in [3.05, 3.63) is 80.1 Å². The highest BCUT2D eigenvalue weighted by atomic mass is 16.9. The van der Waals surface area contributed by atoms with Crippen molar-refractivity contribution < 1.29 is 34.2 Å². The molecular formula is C21H19N5O9. The molecule has 2 aromatic carbocycles. The molecule has 0 radical (unpaired) electrons. The second kappa shape index (κ2) is 10.7. The smallest absolute Gasteiger partial charge is 0.346 e. The molecule has 14 nitrogen and oxygen atoms in total. The van der Waals surface area contributed by atoms with E-state index in [2.05, 4.69) is 15.4 Å². The Morgan fingerprint density at radius 2 is 1.80 bits per heavy atom. The Balaban J connectivity index is 1.91. The van der Waals surface area contributed by atoms with Gasteiger partial charge in [-0.15, -0.1) is 10.1 Å². The number of carbonyl (C=O) groups excluding carboxylic acids is 3. The third kappa shape index (κ3) is 5.62. The van der Waals surface area contributed by atoms with Gasteiger partial charge in [-0.1, -0.05) is 12.1 Å². The first kappa shape index (κ1) is 24.5. The molecule has 0 saturated carbocycles. The molecule has 0 bridgehead atoms. The minimum absolute atomic E-state index is 0.0299. The third-order valence-corrected chi connectivity index (χ3v) is 4.54. The van der Waals surface area contributed by atoms with Gasteiger partial charge in [-0.05, 0) is 43.3 Å². The van der Waals surface area contributed by atoms with Crippen molar-refractivity contribution in [1.82, 2.24) is 20.6 Å². The normalized spacial score (nSPS) is 10.3. The van der Waals surface area contributed by atoms with Gasteiger partial charge < -0.3 is 14.7 Å². The predicted octanol–water partition coefficient (Wildman–Crippen LogP) is 0.684. The first-order valence-corrected chi connectivity index (χ1v) is 10.00. The summed E-state index contributed by atoms with van der Waals surface area (Å²) < 4.78 is 6.27. The van der Waals surface area contributed by atoms with Crippen molar-refractivity contribution in [3.63, 3.8) is 0 Å². The van der Waals surface area contributed by atoms with Crippen LogP contribution in [0.5, 0.6) is 5.75 Å². The zero-order chi connectivity index (χ0) is 25.5. The molecule has 0 aliphatic carbocycles. The first-order chi connectivity index (χ1) is 16.7. The van der Waals surface area contributed by atoms with Crippen molar-refractivity contribution in [1.29, 1.82) is 0 Å². The quantitative estimate of drug-likeness (QED) is 0.201. The third-order valence-electron chi connectivity index (χ3n) is 4.54. The summed E-state index contributed by atoms with van der Waals surface area (Å²) in [6.07, 6.45) is 0. The molecule has 0 atom stereocenters. The monoisotopic (exact) mass is 485 g/mol. The summed E-state index contributed by atoms with van der Waals surface area (Å²) in [7, 11) is 0. The molecule has 1 aromatic heterocycles. The average Bonchev–Trinajstić information content (AvgIpc) is 3.18. The van der Waals surface area contributed by atoms with Crippen LogP contribution < -0.4 is 16.4 Å². The number of esters is 1. The van der Waals surface area contributed by atoms with Gasteiger partial charge in [-0.25, -0.2) is 4.79 Å². The number of hydrazine groups is 1. The standard InChI is InChI=1S/C21H19N5O9/c1-2-34-21(31)17-18(14-5-3-4-6-15(14)27)25(24-20(17)30)13-9-7-12(8-10-13)19(29)23-22-16(28)11-35-26(32)33/h3-10,27H,2,11H2,1H3,(H,22,28)(H,23,29)(H,24,30). The summed E-state index contributed by atoms with van der Waals surface area (Å²) in [5, 5.41) is 21.8. The molecule has 35 heavy (non-hydrogen) atoms. The summed E-state index contributed by atoms with van der Waals surface area (Å²) in [5.74, 6) is -2.74. The largest absolute Gasteiger partial charge is 0.507 e. The number of amides is 2. The van der Waals surface area contributed by atoms with Crippen LogP contribution in [0.25, 0.3) is 16.9 Å². The molecule has 0 saturated heterocycles. The Bertz CT molecular complexity index is 1330. The Kier molecular flexibility index (Phi) is 7.46. The number of benzene rings is 2. The van der Waals surface area contributed by atoms with Crippen molar-refractivity contribution >= 4 is 17.8 Å². The van der Waals surface area contributed by atoms with E-state index < -0.39 is 35.0 Å². The highest BCUT2D eigenvalue weighted by Crippen LogP contribution is 2.32. The van der Waals surface area contributed by atoms with Gasteiger partial charge >= 0.3 is 5.97 Å². The minimum Gasteiger partial charge on any atom is -0.507 e. The van der Waals surface area contributed by atoms with E-state index in [0.717, 1.165) is 0 Å². The lowest BCUT2D eigenvalue weighted by molar-refractivity contribution is -0.754. The predicted molar refractivity (Wildman–Crippen MR) is 118 cm³/mol. The molecule has 0 unspecified atom stereocenters. The van der Waals surface area contributed by atoms with Crippen LogP contribution in [-0.2, 0) is 14.4 Å². The summed E-state index contributed by atoms with van der Waals surface area (Å²) in [6, 6.07) is 11.7. The summed E-state index contributed by atoms with van der Waals surface area (Å²) in [6.45, 7) is 0.720. The number of nitrogens with zero attached hydrogens (tertiary/aromatic N) is 2. The van der Waals surface area contributed by atoms with Crippen LogP contribution in [0.15, 0.2) is 53.3 Å². The number of nitrogens with one attached hydrogen (secondary N) is 3. The summed E-state index contributed by atoms with van der Waals surface area (Å²) in [4.78, 5) is 62.7. The van der Waals surface area contributed by atoms with Gasteiger partial charge in [0.15, 0.2) is 12.2 Å². The maximum atomic E-state index is 12.6. The number of aromatic nitrogens is 2. The molecule has 0 spiro atoms. The Labute approximate surface area is 196 Å². The molecule has 1 heterocycles. The zero-order valence-corrected chi connectivity index (χ0v) is 18.1.